The summed E-state index contributed by atoms with van der Waals surface area (Å²) in [7, 11) is 0. The fourth-order valence-corrected chi connectivity index (χ4v) is 2.51. The molecule has 3 rings (SSSR count). The van der Waals surface area contributed by atoms with Gasteiger partial charge in [-0.15, -0.1) is 0 Å². The quantitative estimate of drug-likeness (QED) is 0.661. The summed E-state index contributed by atoms with van der Waals surface area (Å²) in [5.41, 5.74) is 1.77. The smallest absolute Gasteiger partial charge is 0.270 e. The van der Waals surface area contributed by atoms with Crippen LogP contribution in [0.15, 0.2) is 67.0 Å². The first-order valence-corrected chi connectivity index (χ1v) is 8.84. The predicted octanol–water partition coefficient (Wildman–Crippen LogP) is 3.06. The Labute approximate surface area is 162 Å². The summed E-state index contributed by atoms with van der Waals surface area (Å²) in [6.45, 7) is 2.64. The molecule has 1 aromatic carbocycles. The number of nitrogens with one attached hydrogen (secondary N) is 2. The average molecular weight is 376 g/mol. The van der Waals surface area contributed by atoms with Crippen LogP contribution in [0.3, 0.4) is 0 Å². The number of hydrogen-bond acceptors (Lipinski definition) is 5. The zero-order chi connectivity index (χ0) is 19.8. The minimum Gasteiger partial charge on any atom is -0.492 e. The standard InChI is InChI=1S/C21H20N4O3/c1-2-28-19-9-4-3-8-17(19)25-20(26)15-10-12-23-18(13-15)21(27)24-14-16-7-5-6-11-22-16/h3-13H,2,14H2,1H3,(H,24,27)(H,25,26). The first-order chi connectivity index (χ1) is 13.7. The summed E-state index contributed by atoms with van der Waals surface area (Å²) in [6, 6.07) is 15.6. The molecule has 7 heteroatoms. The third-order valence-corrected chi connectivity index (χ3v) is 3.85. The van der Waals surface area contributed by atoms with Crippen LogP contribution in [0.4, 0.5) is 5.69 Å². The van der Waals surface area contributed by atoms with Gasteiger partial charge < -0.3 is 15.4 Å². The fourth-order valence-electron chi connectivity index (χ4n) is 2.51. The van der Waals surface area contributed by atoms with Crippen LogP contribution in [-0.2, 0) is 6.54 Å². The normalized spacial score (nSPS) is 10.2. The predicted molar refractivity (Wildman–Crippen MR) is 105 cm³/mol. The second kappa shape index (κ2) is 9.27. The number of carbonyl (C=O) groups excluding carboxylic acids is 2. The summed E-state index contributed by atoms with van der Waals surface area (Å²) in [5.74, 6) is -0.149. The van der Waals surface area contributed by atoms with E-state index in [9.17, 15) is 9.59 Å². The zero-order valence-electron chi connectivity index (χ0n) is 15.4. The Morgan fingerprint density at radius 3 is 2.57 bits per heavy atom. The number of aromatic nitrogens is 2. The van der Waals surface area contributed by atoms with Gasteiger partial charge in [0.2, 0.25) is 0 Å². The van der Waals surface area contributed by atoms with Crippen LogP contribution in [-0.4, -0.2) is 28.4 Å². The van der Waals surface area contributed by atoms with Crippen LogP contribution in [0.2, 0.25) is 0 Å². The fraction of sp³-hybridized carbons (Fsp3) is 0.143. The number of rotatable bonds is 7. The molecule has 0 atom stereocenters. The Morgan fingerprint density at radius 2 is 1.79 bits per heavy atom. The minimum absolute atomic E-state index is 0.154. The van der Waals surface area contributed by atoms with E-state index in [2.05, 4.69) is 20.6 Å². The lowest BCUT2D eigenvalue weighted by molar-refractivity contribution is 0.0945. The molecule has 142 valence electrons. The highest BCUT2D eigenvalue weighted by Gasteiger charge is 2.13. The second-order valence-corrected chi connectivity index (χ2v) is 5.82. The number of ether oxygens (including phenoxy) is 1. The van der Waals surface area contributed by atoms with Crippen molar-refractivity contribution in [1.29, 1.82) is 0 Å². The number of hydrogen-bond donors (Lipinski definition) is 2. The van der Waals surface area contributed by atoms with Crippen molar-refractivity contribution in [3.8, 4) is 5.75 Å². The SMILES string of the molecule is CCOc1ccccc1NC(=O)c1ccnc(C(=O)NCc2ccccn2)c1. The molecule has 0 unspecified atom stereocenters. The van der Waals surface area contributed by atoms with E-state index < -0.39 is 0 Å². The molecule has 3 aromatic rings. The summed E-state index contributed by atoms with van der Waals surface area (Å²) < 4.78 is 5.51. The highest BCUT2D eigenvalue weighted by atomic mass is 16.5. The van der Waals surface area contributed by atoms with Crippen LogP contribution in [0, 0.1) is 0 Å². The van der Waals surface area contributed by atoms with Gasteiger partial charge in [0.05, 0.1) is 24.5 Å². The lowest BCUT2D eigenvalue weighted by Gasteiger charge is -2.11. The van der Waals surface area contributed by atoms with Crippen LogP contribution < -0.4 is 15.4 Å². The highest BCUT2D eigenvalue weighted by Crippen LogP contribution is 2.24. The maximum Gasteiger partial charge on any atom is 0.270 e. The molecule has 0 radical (unpaired) electrons. The monoisotopic (exact) mass is 376 g/mol. The van der Waals surface area contributed by atoms with Crippen molar-refractivity contribution in [2.24, 2.45) is 0 Å². The van der Waals surface area contributed by atoms with E-state index >= 15 is 0 Å². The molecule has 0 aliphatic carbocycles. The zero-order valence-corrected chi connectivity index (χ0v) is 15.4. The van der Waals surface area contributed by atoms with E-state index in [0.29, 0.717) is 23.6 Å². The summed E-state index contributed by atoms with van der Waals surface area (Å²) in [5, 5.41) is 5.54. The first kappa shape index (κ1) is 19.0. The average Bonchev–Trinajstić information content (AvgIpc) is 2.74. The van der Waals surface area contributed by atoms with Crippen molar-refractivity contribution < 1.29 is 14.3 Å². The van der Waals surface area contributed by atoms with Gasteiger partial charge in [-0.25, -0.2) is 0 Å². The Hall–Kier alpha value is -3.74. The first-order valence-electron chi connectivity index (χ1n) is 8.84. The lowest BCUT2D eigenvalue weighted by Crippen LogP contribution is -2.25. The number of pyridine rings is 2. The molecule has 0 aliphatic heterocycles. The van der Waals surface area contributed by atoms with Gasteiger partial charge in [0, 0.05) is 18.0 Å². The van der Waals surface area contributed by atoms with Gasteiger partial charge in [-0.2, -0.15) is 0 Å². The Morgan fingerprint density at radius 1 is 0.964 bits per heavy atom. The molecule has 2 aromatic heterocycles. The molecular formula is C21H20N4O3. The summed E-state index contributed by atoms with van der Waals surface area (Å²) in [6.07, 6.45) is 3.09. The van der Waals surface area contributed by atoms with E-state index in [1.54, 1.807) is 36.5 Å². The molecule has 2 heterocycles. The van der Waals surface area contributed by atoms with Crippen molar-refractivity contribution in [3.05, 3.63) is 83.9 Å². The topological polar surface area (TPSA) is 93.2 Å². The van der Waals surface area contributed by atoms with Gasteiger partial charge >= 0.3 is 0 Å². The molecule has 0 saturated carbocycles. The molecule has 7 nitrogen and oxygen atoms in total. The van der Waals surface area contributed by atoms with Crippen LogP contribution in [0.5, 0.6) is 5.75 Å². The molecule has 28 heavy (non-hydrogen) atoms. The second-order valence-electron chi connectivity index (χ2n) is 5.82. The summed E-state index contributed by atoms with van der Waals surface area (Å²) in [4.78, 5) is 33.1. The number of benzene rings is 1. The number of para-hydroxylation sites is 2. The van der Waals surface area contributed by atoms with Gasteiger partial charge in [0.15, 0.2) is 0 Å². The number of nitrogens with zero attached hydrogens (tertiary/aromatic N) is 2. The van der Waals surface area contributed by atoms with Crippen molar-refractivity contribution in [1.82, 2.24) is 15.3 Å². The summed E-state index contributed by atoms with van der Waals surface area (Å²) >= 11 is 0. The number of carbonyl (C=O) groups is 2. The van der Waals surface area contributed by atoms with Crippen molar-refractivity contribution >= 4 is 17.5 Å². The van der Waals surface area contributed by atoms with E-state index in [1.807, 2.05) is 25.1 Å². The molecule has 0 spiro atoms. The van der Waals surface area contributed by atoms with E-state index in [1.165, 1.54) is 12.3 Å². The number of anilines is 1. The van der Waals surface area contributed by atoms with Gasteiger partial charge in [0.25, 0.3) is 11.8 Å². The van der Waals surface area contributed by atoms with Crippen LogP contribution in [0.25, 0.3) is 0 Å². The maximum atomic E-state index is 12.6. The van der Waals surface area contributed by atoms with Gasteiger partial charge in [0.1, 0.15) is 11.4 Å². The van der Waals surface area contributed by atoms with Gasteiger partial charge in [-0.05, 0) is 43.3 Å². The molecule has 0 saturated heterocycles. The van der Waals surface area contributed by atoms with Gasteiger partial charge in [-0.1, -0.05) is 18.2 Å². The van der Waals surface area contributed by atoms with Crippen molar-refractivity contribution in [2.75, 3.05) is 11.9 Å². The molecule has 2 amide bonds. The third-order valence-electron chi connectivity index (χ3n) is 3.85. The van der Waals surface area contributed by atoms with Crippen molar-refractivity contribution in [3.63, 3.8) is 0 Å². The molecule has 0 aliphatic rings. The lowest BCUT2D eigenvalue weighted by atomic mass is 10.2. The molecule has 2 N–H and O–H groups in total. The Kier molecular flexibility index (Phi) is 6.30. The van der Waals surface area contributed by atoms with Gasteiger partial charge in [-0.3, -0.25) is 19.6 Å². The molecular weight excluding hydrogens is 356 g/mol. The van der Waals surface area contributed by atoms with E-state index in [0.717, 1.165) is 5.69 Å². The number of amides is 2. The van der Waals surface area contributed by atoms with E-state index in [4.69, 9.17) is 4.74 Å². The van der Waals surface area contributed by atoms with Crippen LogP contribution in [0.1, 0.15) is 33.5 Å². The molecule has 0 bridgehead atoms. The highest BCUT2D eigenvalue weighted by molar-refractivity contribution is 6.06. The van der Waals surface area contributed by atoms with Crippen molar-refractivity contribution in [2.45, 2.75) is 13.5 Å². The largest absolute Gasteiger partial charge is 0.492 e. The Bertz CT molecular complexity index is 961. The third kappa shape index (κ3) is 4.91. The maximum absolute atomic E-state index is 12.6. The Balaban J connectivity index is 1.68. The van der Waals surface area contributed by atoms with Crippen LogP contribution >= 0.6 is 0 Å². The molecule has 0 fully saturated rings. The van der Waals surface area contributed by atoms with E-state index in [-0.39, 0.29) is 24.1 Å². The minimum atomic E-state index is -0.380.